The van der Waals surface area contributed by atoms with Gasteiger partial charge in [0.25, 0.3) is 0 Å². The van der Waals surface area contributed by atoms with Crippen LogP contribution in [0.2, 0.25) is 0 Å². The first-order valence-electron chi connectivity index (χ1n) is 30.3. The second-order valence-electron chi connectivity index (χ2n) is 21.4. The molecule has 0 aliphatic heterocycles. The maximum absolute atomic E-state index is 14.7. The third kappa shape index (κ3) is 38.7. The normalized spacial score (nSPS) is 14.1. The number of aliphatic hydroxyl groups is 1. The maximum atomic E-state index is 14.7. The summed E-state index contributed by atoms with van der Waals surface area (Å²) in [6, 6.07) is -12.4. The van der Waals surface area contributed by atoms with Gasteiger partial charge in [-0.3, -0.25) is 72.9 Å². The predicted molar refractivity (Wildman–Crippen MR) is 352 cm³/mol. The Morgan fingerprint density at radius 3 is 0.761 bits per heavy atom. The minimum absolute atomic E-state index is 0.00684. The smallest absolute Gasteiger partial charge is 0.243 e. The van der Waals surface area contributed by atoms with E-state index in [-0.39, 0.29) is 166 Å². The Kier molecular flexibility index (Phi) is 43.6. The fourth-order valence-corrected chi connectivity index (χ4v) is 9.20. The molecule has 38 nitrogen and oxygen atoms in total. The Balaban J connectivity index is 7.48. The van der Waals surface area contributed by atoms with Crippen molar-refractivity contribution >= 4 is 101 Å². The highest BCUT2D eigenvalue weighted by Crippen LogP contribution is 2.12. The molecule has 0 aromatic heterocycles. The van der Waals surface area contributed by atoms with Crippen LogP contribution >= 0.6 is 11.8 Å². The average Bonchev–Trinajstić information content (AvgIpc) is 0.942. The molecule has 0 fully saturated rings. The molecular weight excluding hydrogens is 1220 g/mol. The van der Waals surface area contributed by atoms with Crippen molar-refractivity contribution in [2.24, 2.45) is 99.5 Å². The second-order valence-corrected chi connectivity index (χ2v) is 22.4. The Hall–Kier alpha value is -8.72. The number of carbonyl (C=O) groups is 10. The number of rotatable bonds is 50. The molecule has 10 atom stereocenters. The number of amides is 10. The Bertz CT molecular complexity index is 2470. The molecule has 0 aliphatic rings. The van der Waals surface area contributed by atoms with Crippen molar-refractivity contribution in [3.63, 3.8) is 0 Å². The highest BCUT2D eigenvalue weighted by atomic mass is 32.2. The van der Waals surface area contributed by atoms with Crippen molar-refractivity contribution < 1.29 is 53.1 Å². The molecule has 0 bridgehead atoms. The van der Waals surface area contributed by atoms with Gasteiger partial charge in [0.1, 0.15) is 54.4 Å². The standard InChI is InChI=1S/C53H105N27O11S/c1-29(81)39(40(56)83)80-48(91)37(19-12-27-71-53(65)66)78-43(86)33(14-5-7-22-55)73-42(85)32(13-4-6-21-54)74-44(87)34(16-9-24-68-50(59)60)75-45(88)35(17-10-25-69-51(61)62)76-46(89)36(18-11-26-70-52(63)64)77-47(90)38(20-28-92-3)79-41(84)31(72-30(2)82)15-8-23-67-49(57)58/h29,31-39,81H,4-28,54-55H2,1-3H3,(H2,56,83)(H,72,82)(H,73,85)(H,74,87)(H,75,88)(H,76,89)(H,77,90)(H,78,86)(H,79,84)(H,80,91)(H4,57,58,67)(H4,59,60,68)(H4,61,62,69)(H4,63,64,70)(H4,65,66,71)/t29-,31+,32+,33+,34+,35+,36+,37+,38+,39+/m1/s1. The highest BCUT2D eigenvalue weighted by Gasteiger charge is 2.36. The Morgan fingerprint density at radius 2 is 0.565 bits per heavy atom. The number of nitrogens with zero attached hydrogens (tertiary/aromatic N) is 5. The summed E-state index contributed by atoms with van der Waals surface area (Å²) >= 11 is 1.37. The first-order valence-corrected chi connectivity index (χ1v) is 31.7. The largest absolute Gasteiger partial charge is 0.391 e. The lowest BCUT2D eigenvalue weighted by atomic mass is 10.0. The van der Waals surface area contributed by atoms with Crippen LogP contribution in [0.3, 0.4) is 0 Å². The summed E-state index contributed by atoms with van der Waals surface area (Å²) in [5, 5.41) is 33.8. The summed E-state index contributed by atoms with van der Waals surface area (Å²) in [5.74, 6) is -9.23. The van der Waals surface area contributed by atoms with Crippen LogP contribution in [0, 0.1) is 0 Å². The molecular formula is C53H105N27O11S. The van der Waals surface area contributed by atoms with Crippen molar-refractivity contribution in [1.29, 1.82) is 0 Å². The van der Waals surface area contributed by atoms with E-state index in [0.717, 1.165) is 0 Å². The van der Waals surface area contributed by atoms with Gasteiger partial charge in [0.05, 0.1) is 6.10 Å². The van der Waals surface area contributed by atoms with E-state index in [1.807, 2.05) is 0 Å². The molecule has 0 spiro atoms. The molecule has 0 saturated heterocycles. The summed E-state index contributed by atoms with van der Waals surface area (Å²) in [7, 11) is 0. The number of nitrogens with one attached hydrogen (secondary N) is 9. The van der Waals surface area contributed by atoms with E-state index in [0.29, 0.717) is 25.0 Å². The third-order valence-electron chi connectivity index (χ3n) is 13.4. The average molecular weight is 1330 g/mol. The second kappa shape index (κ2) is 48.1. The zero-order valence-electron chi connectivity index (χ0n) is 53.1. The van der Waals surface area contributed by atoms with E-state index in [4.69, 9.17) is 74.5 Å². The zero-order valence-corrected chi connectivity index (χ0v) is 53.9. The molecule has 36 N–H and O–H groups in total. The molecule has 0 aliphatic carbocycles. The van der Waals surface area contributed by atoms with Gasteiger partial charge < -0.3 is 127 Å². The number of guanidine groups is 5. The van der Waals surface area contributed by atoms with Crippen molar-refractivity contribution in [2.45, 2.75) is 183 Å². The van der Waals surface area contributed by atoms with E-state index in [2.05, 4.69) is 72.8 Å². The van der Waals surface area contributed by atoms with Gasteiger partial charge in [-0.25, -0.2) is 0 Å². The van der Waals surface area contributed by atoms with Gasteiger partial charge in [-0.15, -0.1) is 0 Å². The molecule has 10 amide bonds. The Morgan fingerprint density at radius 1 is 0.348 bits per heavy atom. The number of aliphatic imine (C=N–C) groups is 5. The van der Waals surface area contributed by atoms with E-state index in [1.54, 1.807) is 6.26 Å². The molecule has 0 aromatic rings. The number of carbonyl (C=O) groups excluding carboxylic acids is 10. The molecule has 0 rings (SSSR count). The van der Waals surface area contributed by atoms with Crippen molar-refractivity contribution in [1.82, 2.24) is 47.9 Å². The molecule has 39 heteroatoms. The Labute approximate surface area is 540 Å². The summed E-state index contributed by atoms with van der Waals surface area (Å²) in [6.07, 6.45) is 1.99. The van der Waals surface area contributed by atoms with Crippen molar-refractivity contribution in [2.75, 3.05) is 57.8 Å². The molecule has 92 heavy (non-hydrogen) atoms. The van der Waals surface area contributed by atoms with Crippen molar-refractivity contribution in [3.05, 3.63) is 0 Å². The quantitative estimate of drug-likeness (QED) is 0.0153. The minimum Gasteiger partial charge on any atom is -0.391 e. The molecule has 0 saturated carbocycles. The zero-order chi connectivity index (χ0) is 69.7. The van der Waals surface area contributed by atoms with Crippen LogP contribution in [-0.2, 0) is 47.9 Å². The SMILES string of the molecule is CSCC[C@H](NC(=O)[C@H](CCCN=C(N)N)NC(C)=O)C(=O)N[C@@H](CCCN=C(N)N)C(=O)N[C@@H](CCCN=C(N)N)C(=O)N[C@@H](CCCN=C(N)N)C(=O)N[C@@H](CCCCN)C(=O)N[C@@H](CCCCN)C(=O)N[C@@H](CCCN=C(N)N)C(=O)N[C@H](C(N)=O)[C@@H](C)O. The lowest BCUT2D eigenvalue weighted by Gasteiger charge is -2.28. The van der Waals surface area contributed by atoms with Crippen LogP contribution in [0.1, 0.15) is 123 Å². The van der Waals surface area contributed by atoms with Gasteiger partial charge in [0.2, 0.25) is 59.1 Å². The van der Waals surface area contributed by atoms with Gasteiger partial charge in [-0.05, 0) is 141 Å². The fraction of sp³-hybridized carbons (Fsp3) is 0.717. The monoisotopic (exact) mass is 1330 g/mol. The molecule has 0 radical (unpaired) electrons. The highest BCUT2D eigenvalue weighted by molar-refractivity contribution is 7.98. The van der Waals surface area contributed by atoms with Crippen LogP contribution in [0.25, 0.3) is 0 Å². The molecule has 524 valence electrons. The summed E-state index contributed by atoms with van der Waals surface area (Å²) in [4.78, 5) is 158. The first kappa shape index (κ1) is 83.3. The van der Waals surface area contributed by atoms with Gasteiger partial charge in [-0.1, -0.05) is 0 Å². The third-order valence-corrected chi connectivity index (χ3v) is 14.1. The minimum atomic E-state index is -1.54. The molecule has 0 unspecified atom stereocenters. The van der Waals surface area contributed by atoms with Crippen LogP contribution in [0.15, 0.2) is 25.0 Å². The van der Waals surface area contributed by atoms with Crippen molar-refractivity contribution in [3.8, 4) is 0 Å². The maximum Gasteiger partial charge on any atom is 0.243 e. The number of aliphatic hydroxyl groups excluding tert-OH is 1. The molecule has 0 aromatic carbocycles. The first-order chi connectivity index (χ1) is 43.5. The summed E-state index contributed by atoms with van der Waals surface area (Å²) in [6.45, 7) is 2.99. The lowest BCUT2D eigenvalue weighted by molar-refractivity contribution is -0.136. The van der Waals surface area contributed by atoms with Crippen LogP contribution in [-0.4, -0.2) is 212 Å². The molecule has 0 heterocycles. The van der Waals surface area contributed by atoms with E-state index >= 15 is 0 Å². The number of nitrogens with two attached hydrogens (primary N) is 13. The number of hydrogen-bond donors (Lipinski definition) is 23. The number of unbranched alkanes of at least 4 members (excludes halogenated alkanes) is 2. The van der Waals surface area contributed by atoms with Gasteiger partial charge >= 0.3 is 0 Å². The van der Waals surface area contributed by atoms with Crippen LogP contribution in [0.4, 0.5) is 0 Å². The van der Waals surface area contributed by atoms with Gasteiger partial charge in [0, 0.05) is 39.6 Å². The van der Waals surface area contributed by atoms with Crippen LogP contribution in [0.5, 0.6) is 0 Å². The van der Waals surface area contributed by atoms with Gasteiger partial charge in [-0.2, -0.15) is 11.8 Å². The summed E-state index contributed by atoms with van der Waals surface area (Å²) < 4.78 is 0. The van der Waals surface area contributed by atoms with E-state index in [1.165, 1.54) is 25.6 Å². The predicted octanol–water partition coefficient (Wildman–Crippen LogP) is -9.49. The van der Waals surface area contributed by atoms with Crippen LogP contribution < -0.4 is 122 Å². The van der Waals surface area contributed by atoms with Gasteiger partial charge in [0.15, 0.2) is 29.8 Å². The van der Waals surface area contributed by atoms with E-state index < -0.39 is 120 Å². The van der Waals surface area contributed by atoms with E-state index in [9.17, 15) is 53.1 Å². The summed E-state index contributed by atoms with van der Waals surface area (Å²) in [5.41, 5.74) is 72.3. The number of hydrogen-bond acceptors (Lipinski definition) is 19. The number of primary amides is 1. The fourth-order valence-electron chi connectivity index (χ4n) is 8.72. The lowest BCUT2D eigenvalue weighted by Crippen LogP contribution is -2.60. The topological polar surface area (TPSA) is 699 Å². The number of thioether (sulfide) groups is 1.